The number of esters is 2. The third-order valence-electron chi connectivity index (χ3n) is 15.6. The third-order valence-corrected chi connectivity index (χ3v) is 15.6. The van der Waals surface area contributed by atoms with E-state index < -0.39 is 5.97 Å². The summed E-state index contributed by atoms with van der Waals surface area (Å²) in [5.41, 5.74) is 0.662. The normalized spacial score (nSPS) is 48.4. The molecule has 1 heterocycles. The van der Waals surface area contributed by atoms with Crippen LogP contribution in [0.2, 0.25) is 0 Å². The van der Waals surface area contributed by atoms with E-state index in [0.717, 1.165) is 25.7 Å². The molecule has 6 fully saturated rings. The molecule has 13 atom stereocenters. The molecule has 0 aromatic rings. The second kappa shape index (κ2) is 10.4. The van der Waals surface area contributed by atoms with E-state index in [1.54, 1.807) is 0 Å². The van der Waals surface area contributed by atoms with Crippen molar-refractivity contribution in [3.05, 3.63) is 0 Å². The fourth-order valence-corrected chi connectivity index (χ4v) is 13.6. The SMILES string of the molecule is CC(=O)O[C@@H]([C@H]1C[C@@H](C)[C@H]2[C@H](O1)[C@H](C)[C@@]1(C)[C@@H]3CC[C@@H]4C(C)(C)[C@@H](OC(=O)CCC(=O)O)CCC45C[C@@]35CC[C@]21C)C(C)(C)C. The molecule has 6 aliphatic rings. The minimum Gasteiger partial charge on any atom is -0.481 e. The van der Waals surface area contributed by atoms with Crippen LogP contribution in [0.3, 0.4) is 0 Å². The van der Waals surface area contributed by atoms with Gasteiger partial charge in [-0.05, 0) is 103 Å². The van der Waals surface area contributed by atoms with Crippen LogP contribution in [0.15, 0.2) is 0 Å². The van der Waals surface area contributed by atoms with Gasteiger partial charge in [-0.2, -0.15) is 0 Å². The van der Waals surface area contributed by atoms with Crippen molar-refractivity contribution in [1.82, 2.24) is 0 Å². The van der Waals surface area contributed by atoms with Crippen molar-refractivity contribution in [2.45, 2.75) is 158 Å². The van der Waals surface area contributed by atoms with Crippen molar-refractivity contribution in [2.75, 3.05) is 0 Å². The first kappa shape index (κ1) is 33.3. The smallest absolute Gasteiger partial charge is 0.306 e. The van der Waals surface area contributed by atoms with Crippen LogP contribution in [0.25, 0.3) is 0 Å². The van der Waals surface area contributed by atoms with Crippen molar-refractivity contribution in [2.24, 2.45) is 62.1 Å². The minimum atomic E-state index is -0.959. The first-order chi connectivity index (χ1) is 20.8. The standard InChI is InChI=1S/C38H60O7/c1-21-19-24(32(33(4,5)6)43-23(3)39)44-31-22(2)36(10)26-12-11-25-34(7,8)27(45-29(42)14-13-28(40)41)15-16-37(25)20-38(26,37)18-17-35(36,9)30(21)31/h21-22,24-27,30-32H,11-20H2,1-10H3,(H,40,41)/t21-,22+,24-,25-,26+,27+,30+,31-,32+,35-,36+,37?,38+/m1/s1. The Kier molecular flexibility index (Phi) is 7.72. The zero-order valence-corrected chi connectivity index (χ0v) is 29.7. The molecule has 0 radical (unpaired) electrons. The van der Waals surface area contributed by atoms with Crippen LogP contribution < -0.4 is 0 Å². The van der Waals surface area contributed by atoms with Crippen LogP contribution in [0.1, 0.15) is 133 Å². The molecular formula is C38H60O7. The Labute approximate surface area is 271 Å². The average Bonchev–Trinajstić information content (AvgIpc) is 3.56. The zero-order chi connectivity index (χ0) is 33.1. The molecule has 7 nitrogen and oxygen atoms in total. The van der Waals surface area contributed by atoms with Gasteiger partial charge in [0, 0.05) is 17.8 Å². The quantitative estimate of drug-likeness (QED) is 0.299. The highest BCUT2D eigenvalue weighted by Crippen LogP contribution is 2.89. The van der Waals surface area contributed by atoms with Gasteiger partial charge in [0.1, 0.15) is 12.2 Å². The van der Waals surface area contributed by atoms with Crippen molar-refractivity contribution < 1.29 is 33.7 Å². The summed E-state index contributed by atoms with van der Waals surface area (Å²) < 4.78 is 19.2. The molecule has 5 saturated carbocycles. The first-order valence-electron chi connectivity index (χ1n) is 18.0. The van der Waals surface area contributed by atoms with Crippen LogP contribution in [0, 0.1) is 62.1 Å². The Morgan fingerprint density at radius 3 is 2.20 bits per heavy atom. The highest BCUT2D eigenvalue weighted by Gasteiger charge is 2.84. The van der Waals surface area contributed by atoms with Gasteiger partial charge in [-0.15, -0.1) is 0 Å². The highest BCUT2D eigenvalue weighted by atomic mass is 16.6. The van der Waals surface area contributed by atoms with E-state index in [4.69, 9.17) is 19.3 Å². The topological polar surface area (TPSA) is 99.1 Å². The Morgan fingerprint density at radius 1 is 0.933 bits per heavy atom. The van der Waals surface area contributed by atoms with Gasteiger partial charge in [-0.25, -0.2) is 0 Å². The van der Waals surface area contributed by atoms with Gasteiger partial charge in [0.2, 0.25) is 0 Å². The summed E-state index contributed by atoms with van der Waals surface area (Å²) in [4.78, 5) is 35.8. The number of hydrogen-bond acceptors (Lipinski definition) is 6. The molecule has 1 saturated heterocycles. The Balaban J connectivity index is 1.26. The lowest BCUT2D eigenvalue weighted by Crippen LogP contribution is -2.59. The lowest BCUT2D eigenvalue weighted by Gasteiger charge is -2.64. The lowest BCUT2D eigenvalue weighted by molar-refractivity contribution is -0.198. The largest absolute Gasteiger partial charge is 0.481 e. The van der Waals surface area contributed by atoms with Gasteiger partial charge in [0.15, 0.2) is 0 Å². The minimum absolute atomic E-state index is 0.0559. The molecular weight excluding hydrogens is 568 g/mol. The number of hydrogen-bond donors (Lipinski definition) is 1. The second-order valence-electron chi connectivity index (χ2n) is 18.7. The molecule has 1 aliphatic heterocycles. The number of carboxylic acid groups (broad SMARTS) is 1. The molecule has 2 spiro atoms. The summed E-state index contributed by atoms with van der Waals surface area (Å²) in [7, 11) is 0. The molecule has 0 aromatic heterocycles. The number of fused-ring (bicyclic) bond motifs is 4. The van der Waals surface area contributed by atoms with Gasteiger partial charge in [-0.3, -0.25) is 14.4 Å². The number of carboxylic acids is 1. The van der Waals surface area contributed by atoms with Gasteiger partial charge in [-0.1, -0.05) is 62.3 Å². The lowest BCUT2D eigenvalue weighted by atomic mass is 9.40. The third kappa shape index (κ3) is 4.54. The Hall–Kier alpha value is -1.63. The number of rotatable bonds is 6. The van der Waals surface area contributed by atoms with Crippen molar-refractivity contribution in [1.29, 1.82) is 0 Å². The predicted octanol–water partition coefficient (Wildman–Crippen LogP) is 7.83. The van der Waals surface area contributed by atoms with Gasteiger partial charge in [0.05, 0.1) is 25.0 Å². The molecule has 0 bridgehead atoms. The monoisotopic (exact) mass is 628 g/mol. The Morgan fingerprint density at radius 2 is 1.58 bits per heavy atom. The molecule has 0 aromatic carbocycles. The average molecular weight is 629 g/mol. The summed E-state index contributed by atoms with van der Waals surface area (Å²) >= 11 is 0. The molecule has 45 heavy (non-hydrogen) atoms. The van der Waals surface area contributed by atoms with Crippen LogP contribution >= 0.6 is 0 Å². The van der Waals surface area contributed by atoms with Crippen molar-refractivity contribution in [3.8, 4) is 0 Å². The van der Waals surface area contributed by atoms with E-state index in [1.807, 2.05) is 0 Å². The number of carbonyl (C=O) groups is 3. The predicted molar refractivity (Wildman–Crippen MR) is 171 cm³/mol. The van der Waals surface area contributed by atoms with Crippen LogP contribution in [-0.4, -0.2) is 47.4 Å². The zero-order valence-electron chi connectivity index (χ0n) is 29.7. The highest BCUT2D eigenvalue weighted by molar-refractivity contribution is 5.76. The molecule has 7 heteroatoms. The van der Waals surface area contributed by atoms with Gasteiger partial charge in [0.25, 0.3) is 0 Å². The molecule has 1 unspecified atom stereocenters. The fraction of sp³-hybridized carbons (Fsp3) is 0.921. The Bertz CT molecular complexity index is 1230. The van der Waals surface area contributed by atoms with E-state index >= 15 is 0 Å². The number of ether oxygens (including phenoxy) is 3. The van der Waals surface area contributed by atoms with E-state index in [0.29, 0.717) is 40.4 Å². The van der Waals surface area contributed by atoms with Crippen molar-refractivity contribution >= 4 is 17.9 Å². The van der Waals surface area contributed by atoms with E-state index in [2.05, 4.69) is 62.3 Å². The summed E-state index contributed by atoms with van der Waals surface area (Å²) in [5.74, 6) is 0.990. The second-order valence-corrected chi connectivity index (χ2v) is 18.7. The maximum Gasteiger partial charge on any atom is 0.306 e. The number of carbonyl (C=O) groups excluding carboxylic acids is 2. The molecule has 0 amide bonds. The summed E-state index contributed by atoms with van der Waals surface area (Å²) in [5, 5.41) is 9.05. The summed E-state index contributed by atoms with van der Waals surface area (Å²) in [6.45, 7) is 22.8. The first-order valence-corrected chi connectivity index (χ1v) is 18.0. The van der Waals surface area contributed by atoms with Crippen LogP contribution in [0.4, 0.5) is 0 Å². The van der Waals surface area contributed by atoms with E-state index in [1.165, 1.54) is 32.6 Å². The van der Waals surface area contributed by atoms with Gasteiger partial charge >= 0.3 is 17.9 Å². The number of aliphatic carboxylic acids is 1. The molecule has 254 valence electrons. The van der Waals surface area contributed by atoms with Gasteiger partial charge < -0.3 is 19.3 Å². The van der Waals surface area contributed by atoms with E-state index in [9.17, 15) is 14.4 Å². The van der Waals surface area contributed by atoms with Crippen LogP contribution in [0.5, 0.6) is 0 Å². The van der Waals surface area contributed by atoms with E-state index in [-0.39, 0.29) is 70.9 Å². The molecule has 1 N–H and O–H groups in total. The molecule has 5 aliphatic carbocycles. The summed E-state index contributed by atoms with van der Waals surface area (Å²) in [6.07, 6.45) is 8.51. The fourth-order valence-electron chi connectivity index (χ4n) is 13.6. The van der Waals surface area contributed by atoms with Crippen LogP contribution in [-0.2, 0) is 28.6 Å². The maximum absolute atomic E-state index is 12.6. The molecule has 6 rings (SSSR count). The maximum atomic E-state index is 12.6. The summed E-state index contributed by atoms with van der Waals surface area (Å²) in [6, 6.07) is 0. The van der Waals surface area contributed by atoms with Crippen molar-refractivity contribution in [3.63, 3.8) is 0 Å².